The van der Waals surface area contributed by atoms with Gasteiger partial charge in [0.1, 0.15) is 5.69 Å². The Morgan fingerprint density at radius 1 is 1.00 bits per heavy atom. The van der Waals surface area contributed by atoms with E-state index in [9.17, 15) is 22.8 Å². The van der Waals surface area contributed by atoms with Crippen molar-refractivity contribution in [2.45, 2.75) is 25.7 Å². The van der Waals surface area contributed by atoms with Crippen molar-refractivity contribution in [2.75, 3.05) is 34.4 Å². The van der Waals surface area contributed by atoms with E-state index in [2.05, 4.69) is 5.10 Å². The van der Waals surface area contributed by atoms with Crippen molar-refractivity contribution in [1.82, 2.24) is 19.6 Å². The molecule has 3 aromatic rings. The highest BCUT2D eigenvalue weighted by Gasteiger charge is 2.31. The number of hydrogen-bond acceptors (Lipinski definition) is 5. The minimum Gasteiger partial charge on any atom is -0.493 e. The van der Waals surface area contributed by atoms with Crippen LogP contribution in [0.2, 0.25) is 0 Å². The lowest BCUT2D eigenvalue weighted by atomic mass is 10.1. The molecule has 0 spiro atoms. The predicted octanol–water partition coefficient (Wildman–Crippen LogP) is 3.89. The molecule has 8 nitrogen and oxygen atoms in total. The maximum Gasteiger partial charge on any atom is 0.416 e. The van der Waals surface area contributed by atoms with Gasteiger partial charge in [-0.2, -0.15) is 18.3 Å². The minimum atomic E-state index is -4.41. The molecule has 0 fully saturated rings. The van der Waals surface area contributed by atoms with Crippen LogP contribution in [0.3, 0.4) is 0 Å². The molecule has 0 N–H and O–H groups in total. The fourth-order valence-electron chi connectivity index (χ4n) is 4.14. The molecular formula is C26H27F3N4O4. The Hall–Kier alpha value is -4.02. The van der Waals surface area contributed by atoms with E-state index >= 15 is 0 Å². The zero-order chi connectivity index (χ0) is 26.7. The molecule has 0 saturated carbocycles. The zero-order valence-electron chi connectivity index (χ0n) is 20.7. The molecule has 0 bridgehead atoms. The van der Waals surface area contributed by atoms with E-state index in [0.29, 0.717) is 43.1 Å². The molecule has 0 unspecified atom stereocenters. The quantitative estimate of drug-likeness (QED) is 0.454. The van der Waals surface area contributed by atoms with Crippen molar-refractivity contribution >= 4 is 11.8 Å². The summed E-state index contributed by atoms with van der Waals surface area (Å²) in [7, 11) is 4.79. The number of aromatic nitrogens is 2. The van der Waals surface area contributed by atoms with Gasteiger partial charge in [-0.15, -0.1) is 0 Å². The first-order valence-corrected chi connectivity index (χ1v) is 11.6. The van der Waals surface area contributed by atoms with Crippen LogP contribution in [0, 0.1) is 0 Å². The number of alkyl halides is 3. The Morgan fingerprint density at radius 3 is 2.32 bits per heavy atom. The van der Waals surface area contributed by atoms with Crippen LogP contribution in [0.5, 0.6) is 11.5 Å². The number of nitrogens with zero attached hydrogens (tertiary/aromatic N) is 4. The third kappa shape index (κ3) is 5.71. The second-order valence-electron chi connectivity index (χ2n) is 8.73. The summed E-state index contributed by atoms with van der Waals surface area (Å²) in [5.41, 5.74) is 1.25. The van der Waals surface area contributed by atoms with Crippen LogP contribution in [-0.2, 0) is 25.7 Å². The van der Waals surface area contributed by atoms with Gasteiger partial charge in [-0.25, -0.2) is 0 Å². The van der Waals surface area contributed by atoms with Crippen molar-refractivity contribution < 1.29 is 32.2 Å². The smallest absolute Gasteiger partial charge is 0.416 e. The van der Waals surface area contributed by atoms with E-state index < -0.39 is 11.7 Å². The fourth-order valence-corrected chi connectivity index (χ4v) is 4.14. The molecule has 2 heterocycles. The van der Waals surface area contributed by atoms with Crippen LogP contribution >= 0.6 is 0 Å². The molecule has 4 rings (SSSR count). The summed E-state index contributed by atoms with van der Waals surface area (Å²) in [5.74, 6) is 0.585. The summed E-state index contributed by atoms with van der Waals surface area (Å²) >= 11 is 0. The number of fused-ring (bicyclic) bond motifs is 1. The molecule has 2 amide bonds. The van der Waals surface area contributed by atoms with E-state index in [1.165, 1.54) is 32.7 Å². The van der Waals surface area contributed by atoms with E-state index in [4.69, 9.17) is 9.47 Å². The largest absolute Gasteiger partial charge is 0.493 e. The molecule has 0 radical (unpaired) electrons. The number of methoxy groups -OCH3 is 2. The number of benzene rings is 2. The minimum absolute atomic E-state index is 0.162. The summed E-state index contributed by atoms with van der Waals surface area (Å²) in [6.45, 7) is 1.29. The van der Waals surface area contributed by atoms with Gasteiger partial charge in [0, 0.05) is 32.7 Å². The van der Waals surface area contributed by atoms with E-state index in [1.807, 2.05) is 18.2 Å². The van der Waals surface area contributed by atoms with Gasteiger partial charge in [0.05, 0.1) is 26.3 Å². The summed E-state index contributed by atoms with van der Waals surface area (Å²) in [5, 5.41) is 4.32. The Bertz CT molecular complexity index is 1290. The van der Waals surface area contributed by atoms with Gasteiger partial charge in [-0.1, -0.05) is 18.2 Å². The van der Waals surface area contributed by atoms with Gasteiger partial charge in [0.25, 0.3) is 11.8 Å². The van der Waals surface area contributed by atoms with Crippen molar-refractivity contribution in [1.29, 1.82) is 0 Å². The first-order chi connectivity index (χ1) is 17.6. The van der Waals surface area contributed by atoms with Crippen LogP contribution in [0.1, 0.15) is 37.7 Å². The summed E-state index contributed by atoms with van der Waals surface area (Å²) in [6.07, 6.45) is -3.83. The average Bonchev–Trinajstić information content (AvgIpc) is 3.33. The summed E-state index contributed by atoms with van der Waals surface area (Å²) in [6, 6.07) is 11.8. The van der Waals surface area contributed by atoms with Gasteiger partial charge < -0.3 is 19.3 Å². The van der Waals surface area contributed by atoms with Crippen LogP contribution in [-0.4, -0.2) is 65.8 Å². The van der Waals surface area contributed by atoms with Crippen LogP contribution in [0.25, 0.3) is 0 Å². The Kier molecular flexibility index (Phi) is 7.42. The Morgan fingerprint density at radius 2 is 1.68 bits per heavy atom. The lowest BCUT2D eigenvalue weighted by Crippen LogP contribution is -2.39. The Balaban J connectivity index is 1.39. The third-order valence-electron chi connectivity index (χ3n) is 6.27. The number of likely N-dealkylation sites (N-methyl/N-ethyl adjacent to an activating group) is 1. The van der Waals surface area contributed by atoms with Crippen molar-refractivity contribution in [3.63, 3.8) is 0 Å². The molecular weight excluding hydrogens is 489 g/mol. The molecule has 1 aliphatic rings. The summed E-state index contributed by atoms with van der Waals surface area (Å²) in [4.78, 5) is 29.1. The highest BCUT2D eigenvalue weighted by Crippen LogP contribution is 2.30. The SMILES string of the molecule is COc1ccc(CCN(C)C(=O)c2cc3n(n2)CCN(Cc2ccc(C(F)(F)F)cc2)C3=O)cc1OC. The molecule has 196 valence electrons. The molecule has 0 atom stereocenters. The fraction of sp³-hybridized carbons (Fsp3) is 0.346. The maximum absolute atomic E-state index is 13.0. The van der Waals surface area contributed by atoms with Gasteiger partial charge >= 0.3 is 6.18 Å². The van der Waals surface area contributed by atoms with Gasteiger partial charge in [-0.3, -0.25) is 14.3 Å². The zero-order valence-corrected chi connectivity index (χ0v) is 20.7. The molecule has 0 aliphatic carbocycles. The topological polar surface area (TPSA) is 76.9 Å². The molecule has 0 saturated heterocycles. The number of carbonyl (C=O) groups is 2. The van der Waals surface area contributed by atoms with E-state index in [-0.39, 0.29) is 29.7 Å². The number of amides is 2. The Labute approximate surface area is 212 Å². The summed E-state index contributed by atoms with van der Waals surface area (Å²) < 4.78 is 50.5. The first kappa shape index (κ1) is 26.1. The number of ether oxygens (including phenoxy) is 2. The molecule has 11 heteroatoms. The molecule has 2 aromatic carbocycles. The lowest BCUT2D eigenvalue weighted by Gasteiger charge is -2.27. The highest BCUT2D eigenvalue weighted by molar-refractivity contribution is 5.98. The van der Waals surface area contributed by atoms with Gasteiger partial charge in [0.15, 0.2) is 17.2 Å². The van der Waals surface area contributed by atoms with Crippen molar-refractivity contribution in [3.05, 3.63) is 76.6 Å². The molecule has 1 aliphatic heterocycles. The predicted molar refractivity (Wildman–Crippen MR) is 129 cm³/mol. The van der Waals surface area contributed by atoms with E-state index in [0.717, 1.165) is 17.7 Å². The number of rotatable bonds is 8. The van der Waals surface area contributed by atoms with Crippen LogP contribution in [0.15, 0.2) is 48.5 Å². The normalized spacial score (nSPS) is 13.4. The van der Waals surface area contributed by atoms with Crippen LogP contribution < -0.4 is 9.47 Å². The first-order valence-electron chi connectivity index (χ1n) is 11.6. The number of halogens is 3. The van der Waals surface area contributed by atoms with Gasteiger partial charge in [-0.05, 0) is 41.8 Å². The maximum atomic E-state index is 13.0. The van der Waals surface area contributed by atoms with Gasteiger partial charge in [0.2, 0.25) is 0 Å². The van der Waals surface area contributed by atoms with Crippen molar-refractivity contribution in [3.8, 4) is 11.5 Å². The lowest BCUT2D eigenvalue weighted by molar-refractivity contribution is -0.137. The number of hydrogen-bond donors (Lipinski definition) is 0. The third-order valence-corrected chi connectivity index (χ3v) is 6.27. The second-order valence-corrected chi connectivity index (χ2v) is 8.73. The highest BCUT2D eigenvalue weighted by atomic mass is 19.4. The standard InChI is InChI=1S/C26H27F3N4O4/c1-31(11-10-17-6-9-22(36-2)23(14-17)37-3)24(34)20-15-21-25(35)32(12-13-33(21)30-20)16-18-4-7-19(8-5-18)26(27,28)29/h4-9,14-15H,10-13,16H2,1-3H3. The van der Waals surface area contributed by atoms with Crippen molar-refractivity contribution in [2.24, 2.45) is 0 Å². The monoisotopic (exact) mass is 516 g/mol. The molecule has 37 heavy (non-hydrogen) atoms. The molecule has 1 aromatic heterocycles. The van der Waals surface area contributed by atoms with E-state index in [1.54, 1.807) is 21.3 Å². The second kappa shape index (κ2) is 10.5. The van der Waals surface area contributed by atoms with Crippen LogP contribution in [0.4, 0.5) is 13.2 Å². The average molecular weight is 517 g/mol. The number of carbonyl (C=O) groups excluding carboxylic acids is 2.